The van der Waals surface area contributed by atoms with Crippen molar-refractivity contribution in [3.05, 3.63) is 0 Å². The molecule has 1 saturated heterocycles. The van der Waals surface area contributed by atoms with Crippen molar-refractivity contribution in [3.8, 4) is 0 Å². The van der Waals surface area contributed by atoms with Crippen molar-refractivity contribution in [1.82, 2.24) is 15.2 Å². The zero-order valence-corrected chi connectivity index (χ0v) is 17.5. The third-order valence-electron chi connectivity index (χ3n) is 4.31. The predicted octanol–water partition coefficient (Wildman–Crippen LogP) is 0.135. The minimum atomic E-state index is -3.16. The van der Waals surface area contributed by atoms with Crippen molar-refractivity contribution in [3.63, 3.8) is 0 Å². The lowest BCUT2D eigenvalue weighted by molar-refractivity contribution is -0.133. The molecule has 0 aliphatic carbocycles. The van der Waals surface area contributed by atoms with Gasteiger partial charge in [-0.1, -0.05) is 0 Å². The van der Waals surface area contributed by atoms with Crippen molar-refractivity contribution in [1.29, 1.82) is 0 Å². The Balaban J connectivity index is 1.88. The molecule has 2 heterocycles. The highest BCUT2D eigenvalue weighted by Gasteiger charge is 2.37. The van der Waals surface area contributed by atoms with Crippen LogP contribution in [0.1, 0.15) is 40.0 Å². The Hall–Kier alpha value is -2.17. The van der Waals surface area contributed by atoms with E-state index in [9.17, 15) is 22.8 Å². The summed E-state index contributed by atoms with van der Waals surface area (Å²) in [6.07, 6.45) is 0.145. The van der Waals surface area contributed by atoms with Gasteiger partial charge in [0.25, 0.3) is 5.91 Å². The van der Waals surface area contributed by atoms with Crippen LogP contribution in [0, 0.1) is 0 Å². The van der Waals surface area contributed by atoms with Crippen LogP contribution in [0.2, 0.25) is 0 Å². The van der Waals surface area contributed by atoms with Crippen LogP contribution in [-0.2, 0) is 24.2 Å². The molecule has 158 valence electrons. The number of carbonyl (C=O) groups excluding carboxylic acids is 3. The summed E-state index contributed by atoms with van der Waals surface area (Å²) in [7, 11) is -1.60. The average Bonchev–Trinajstić information content (AvgIpc) is 2.93. The lowest BCUT2D eigenvalue weighted by atomic mass is 10.1. The van der Waals surface area contributed by atoms with Crippen molar-refractivity contribution in [2.24, 2.45) is 5.10 Å². The highest BCUT2D eigenvalue weighted by molar-refractivity contribution is 7.91. The summed E-state index contributed by atoms with van der Waals surface area (Å²) in [5.41, 5.74) is -0.418. The van der Waals surface area contributed by atoms with Crippen LogP contribution in [0.5, 0.6) is 0 Å². The second-order valence-corrected chi connectivity index (χ2v) is 10.2. The number of nitrogens with zero attached hydrogens (tertiary/aromatic N) is 3. The average molecular weight is 417 g/mol. The Morgan fingerprint density at radius 3 is 2.57 bits per heavy atom. The largest absolute Gasteiger partial charge is 0.444 e. The molecule has 0 aromatic rings. The molecule has 0 spiro atoms. The van der Waals surface area contributed by atoms with Crippen LogP contribution in [0.15, 0.2) is 5.10 Å². The molecular weight excluding hydrogens is 388 g/mol. The van der Waals surface area contributed by atoms with Crippen LogP contribution in [-0.4, -0.2) is 85.2 Å². The van der Waals surface area contributed by atoms with Crippen molar-refractivity contribution >= 4 is 33.5 Å². The third-order valence-corrected chi connectivity index (χ3v) is 6.06. The molecule has 0 unspecified atom stereocenters. The molecule has 11 heteroatoms. The third kappa shape index (κ3) is 6.18. The number of ether oxygens (including phenoxy) is 1. The minimum absolute atomic E-state index is 0.0233. The van der Waals surface area contributed by atoms with Crippen LogP contribution < -0.4 is 5.32 Å². The summed E-state index contributed by atoms with van der Waals surface area (Å²) in [5, 5.41) is 7.93. The molecule has 0 radical (unpaired) electrons. The van der Waals surface area contributed by atoms with Gasteiger partial charge in [0.2, 0.25) is 5.91 Å². The molecule has 0 bridgehead atoms. The second kappa shape index (κ2) is 8.46. The Labute approximate surface area is 165 Å². The fourth-order valence-corrected chi connectivity index (χ4v) is 4.55. The Morgan fingerprint density at radius 1 is 1.32 bits per heavy atom. The number of hydrazone groups is 1. The molecule has 0 saturated carbocycles. The SMILES string of the molecule is CN(CCNC(=O)C1=NN([C@@H]2CCS(=O)(=O)C2)C(=O)CC1)C(=O)OC(C)(C)C. The van der Waals surface area contributed by atoms with E-state index in [0.29, 0.717) is 6.42 Å². The van der Waals surface area contributed by atoms with Gasteiger partial charge in [-0.2, -0.15) is 5.10 Å². The van der Waals surface area contributed by atoms with Gasteiger partial charge in [-0.25, -0.2) is 18.2 Å². The number of hydrogen-bond acceptors (Lipinski definition) is 7. The van der Waals surface area contributed by atoms with E-state index in [1.54, 1.807) is 27.8 Å². The molecule has 28 heavy (non-hydrogen) atoms. The maximum Gasteiger partial charge on any atom is 0.410 e. The predicted molar refractivity (Wildman–Crippen MR) is 102 cm³/mol. The molecule has 1 N–H and O–H groups in total. The summed E-state index contributed by atoms with van der Waals surface area (Å²) < 4.78 is 28.5. The first kappa shape index (κ1) is 22.1. The highest BCUT2D eigenvalue weighted by atomic mass is 32.2. The number of sulfone groups is 1. The molecule has 1 atom stereocenters. The normalized spacial score (nSPS) is 21.9. The Morgan fingerprint density at radius 2 is 2.00 bits per heavy atom. The maximum absolute atomic E-state index is 12.3. The van der Waals surface area contributed by atoms with E-state index in [1.165, 1.54) is 4.90 Å². The zero-order valence-electron chi connectivity index (χ0n) is 16.7. The first-order chi connectivity index (χ1) is 12.9. The molecular formula is C17H28N4O6S. The molecule has 2 aliphatic rings. The molecule has 0 aromatic heterocycles. The van der Waals surface area contributed by atoms with Crippen LogP contribution in [0.4, 0.5) is 4.79 Å². The quantitative estimate of drug-likeness (QED) is 0.679. The summed E-state index contributed by atoms with van der Waals surface area (Å²) >= 11 is 0. The van der Waals surface area contributed by atoms with Gasteiger partial charge < -0.3 is 15.0 Å². The topological polar surface area (TPSA) is 125 Å². The van der Waals surface area contributed by atoms with E-state index in [-0.39, 0.29) is 49.1 Å². The number of nitrogens with one attached hydrogen (secondary N) is 1. The van der Waals surface area contributed by atoms with E-state index in [2.05, 4.69) is 10.4 Å². The zero-order chi connectivity index (χ0) is 21.1. The Bertz CT molecular complexity index is 771. The number of carbonyl (C=O) groups is 3. The van der Waals surface area contributed by atoms with Gasteiger partial charge in [0.1, 0.15) is 11.3 Å². The maximum atomic E-state index is 12.3. The monoisotopic (exact) mass is 416 g/mol. The summed E-state index contributed by atoms with van der Waals surface area (Å²) in [6.45, 7) is 5.75. The van der Waals surface area contributed by atoms with E-state index < -0.39 is 33.5 Å². The van der Waals surface area contributed by atoms with Crippen molar-refractivity contribution in [2.45, 2.75) is 51.7 Å². The number of hydrogen-bond donors (Lipinski definition) is 1. The molecule has 0 aromatic carbocycles. The highest BCUT2D eigenvalue weighted by Crippen LogP contribution is 2.22. The minimum Gasteiger partial charge on any atom is -0.444 e. The standard InChI is InChI=1S/C17H28N4O6S/c1-17(2,3)27-16(24)20(4)9-8-18-15(23)13-5-6-14(22)21(19-13)12-7-10-28(25,26)11-12/h12H,5-11H2,1-4H3,(H,18,23)/t12-/m1/s1. The van der Waals surface area contributed by atoms with Gasteiger partial charge in [0, 0.05) is 33.0 Å². The molecule has 2 aliphatic heterocycles. The number of amides is 3. The summed E-state index contributed by atoms with van der Waals surface area (Å²) in [4.78, 5) is 37.7. The number of likely N-dealkylation sites (N-methyl/N-ethyl adjacent to an activating group) is 1. The van der Waals surface area contributed by atoms with E-state index in [4.69, 9.17) is 4.74 Å². The van der Waals surface area contributed by atoms with Gasteiger partial charge in [-0.15, -0.1) is 0 Å². The lowest BCUT2D eigenvalue weighted by Gasteiger charge is -2.27. The smallest absolute Gasteiger partial charge is 0.410 e. The van der Waals surface area contributed by atoms with Gasteiger partial charge in [-0.05, 0) is 27.2 Å². The van der Waals surface area contributed by atoms with Crippen LogP contribution >= 0.6 is 0 Å². The van der Waals surface area contributed by atoms with Crippen LogP contribution in [0.3, 0.4) is 0 Å². The second-order valence-electron chi connectivity index (χ2n) is 8.00. The van der Waals surface area contributed by atoms with Gasteiger partial charge in [0.05, 0.1) is 17.5 Å². The van der Waals surface area contributed by atoms with E-state index >= 15 is 0 Å². The molecule has 3 amide bonds. The van der Waals surface area contributed by atoms with E-state index in [1.807, 2.05) is 0 Å². The number of rotatable bonds is 5. The van der Waals surface area contributed by atoms with Gasteiger partial charge in [-0.3, -0.25) is 9.59 Å². The van der Waals surface area contributed by atoms with Gasteiger partial charge in [0.15, 0.2) is 9.84 Å². The Kier molecular flexibility index (Phi) is 6.68. The summed E-state index contributed by atoms with van der Waals surface area (Å²) in [6, 6.07) is -0.515. The van der Waals surface area contributed by atoms with Crippen LogP contribution in [0.25, 0.3) is 0 Å². The fourth-order valence-electron chi connectivity index (χ4n) is 2.86. The molecule has 2 rings (SSSR count). The van der Waals surface area contributed by atoms with Crippen molar-refractivity contribution in [2.75, 3.05) is 31.6 Å². The first-order valence-electron chi connectivity index (χ1n) is 9.20. The fraction of sp³-hybridized carbons (Fsp3) is 0.765. The lowest BCUT2D eigenvalue weighted by Crippen LogP contribution is -2.45. The van der Waals surface area contributed by atoms with Gasteiger partial charge >= 0.3 is 6.09 Å². The molecule has 10 nitrogen and oxygen atoms in total. The summed E-state index contributed by atoms with van der Waals surface area (Å²) in [5.74, 6) is -0.813. The van der Waals surface area contributed by atoms with Crippen molar-refractivity contribution < 1.29 is 27.5 Å². The molecule has 1 fully saturated rings. The first-order valence-corrected chi connectivity index (χ1v) is 11.0. The van der Waals surface area contributed by atoms with E-state index in [0.717, 1.165) is 5.01 Å².